The van der Waals surface area contributed by atoms with Gasteiger partial charge in [-0.2, -0.15) is 0 Å². The molecule has 0 amide bonds. The van der Waals surface area contributed by atoms with E-state index in [9.17, 15) is 0 Å². The summed E-state index contributed by atoms with van der Waals surface area (Å²) in [5.74, 6) is 0.781. The Hall–Kier alpha value is -0.0400. The van der Waals surface area contributed by atoms with Crippen molar-refractivity contribution in [1.82, 2.24) is 0 Å². The molecule has 0 N–H and O–H groups in total. The first kappa shape index (κ1) is 6.09. The monoisotopic (exact) mass is 114 g/mol. The molecule has 0 unspecified atom stereocenters. The quantitative estimate of drug-likeness (QED) is 0.466. The van der Waals surface area contributed by atoms with Crippen LogP contribution in [0.15, 0.2) is 0 Å². The van der Waals surface area contributed by atoms with Gasteiger partial charge in [0.2, 0.25) is 0 Å². The highest BCUT2D eigenvalue weighted by Gasteiger charge is 2.16. The van der Waals surface area contributed by atoms with E-state index in [0.29, 0.717) is 6.10 Å². The number of rotatable bonds is 0. The molecule has 1 saturated heterocycles. The standard InChI is InChI=1S/C7H14O/c1-6-4-3-5-8-7(6)2/h6-7H,3-5H2,1-2H3/t6-,7+/m0/s1. The average Bonchev–Trinajstić information content (AvgIpc) is 1.77. The Morgan fingerprint density at radius 3 is 2.50 bits per heavy atom. The van der Waals surface area contributed by atoms with Crippen LogP contribution in [0.1, 0.15) is 26.7 Å². The second-order valence-corrected chi connectivity index (χ2v) is 2.70. The Bertz CT molecular complexity index is 60.8. The summed E-state index contributed by atoms with van der Waals surface area (Å²) in [5.41, 5.74) is 0. The minimum Gasteiger partial charge on any atom is -0.378 e. The van der Waals surface area contributed by atoms with Gasteiger partial charge in [-0.1, -0.05) is 6.92 Å². The zero-order valence-corrected chi connectivity index (χ0v) is 5.68. The second kappa shape index (κ2) is 2.49. The van der Waals surface area contributed by atoms with E-state index in [4.69, 9.17) is 4.74 Å². The zero-order chi connectivity index (χ0) is 5.98. The van der Waals surface area contributed by atoms with Gasteiger partial charge in [0, 0.05) is 6.61 Å². The molecule has 0 aliphatic carbocycles. The van der Waals surface area contributed by atoms with Crippen molar-refractivity contribution in [3.63, 3.8) is 0 Å². The maximum Gasteiger partial charge on any atom is 0.0572 e. The van der Waals surface area contributed by atoms with Crippen molar-refractivity contribution in [1.29, 1.82) is 0 Å². The van der Waals surface area contributed by atoms with Crippen LogP contribution in [0.2, 0.25) is 0 Å². The Morgan fingerprint density at radius 2 is 2.12 bits per heavy atom. The third kappa shape index (κ3) is 1.22. The van der Waals surface area contributed by atoms with Gasteiger partial charge >= 0.3 is 0 Å². The first-order chi connectivity index (χ1) is 3.80. The van der Waals surface area contributed by atoms with Crippen LogP contribution in [0.5, 0.6) is 0 Å². The fraction of sp³-hybridized carbons (Fsp3) is 1.00. The molecular formula is C7H14O. The highest BCUT2D eigenvalue weighted by Crippen LogP contribution is 2.18. The molecule has 0 aromatic carbocycles. The third-order valence-electron chi connectivity index (χ3n) is 1.99. The summed E-state index contributed by atoms with van der Waals surface area (Å²) in [6.45, 7) is 5.39. The fourth-order valence-electron chi connectivity index (χ4n) is 1.07. The van der Waals surface area contributed by atoms with Gasteiger partial charge in [-0.25, -0.2) is 0 Å². The highest BCUT2D eigenvalue weighted by atomic mass is 16.5. The summed E-state index contributed by atoms with van der Waals surface area (Å²) in [6, 6.07) is 0. The minimum atomic E-state index is 0.503. The van der Waals surface area contributed by atoms with E-state index in [1.165, 1.54) is 12.8 Å². The van der Waals surface area contributed by atoms with Gasteiger partial charge in [0.05, 0.1) is 6.10 Å². The van der Waals surface area contributed by atoms with Crippen LogP contribution in [0.4, 0.5) is 0 Å². The van der Waals surface area contributed by atoms with Crippen molar-refractivity contribution in [3.05, 3.63) is 0 Å². The van der Waals surface area contributed by atoms with Gasteiger partial charge in [0.25, 0.3) is 0 Å². The van der Waals surface area contributed by atoms with Gasteiger partial charge in [-0.3, -0.25) is 0 Å². The Kier molecular flexibility index (Phi) is 1.90. The lowest BCUT2D eigenvalue weighted by atomic mass is 9.98. The molecule has 0 spiro atoms. The normalized spacial score (nSPS) is 39.8. The predicted molar refractivity (Wildman–Crippen MR) is 33.8 cm³/mol. The van der Waals surface area contributed by atoms with Gasteiger partial charge in [-0.15, -0.1) is 0 Å². The summed E-state index contributed by atoms with van der Waals surface area (Å²) in [7, 11) is 0. The van der Waals surface area contributed by atoms with E-state index < -0.39 is 0 Å². The second-order valence-electron chi connectivity index (χ2n) is 2.70. The molecule has 1 rings (SSSR count). The van der Waals surface area contributed by atoms with E-state index >= 15 is 0 Å². The molecule has 0 aromatic rings. The number of ether oxygens (including phenoxy) is 1. The fourth-order valence-corrected chi connectivity index (χ4v) is 1.07. The van der Waals surface area contributed by atoms with Crippen LogP contribution >= 0.6 is 0 Å². The molecule has 1 aliphatic heterocycles. The minimum absolute atomic E-state index is 0.503. The molecule has 1 fully saturated rings. The maximum absolute atomic E-state index is 5.39. The summed E-state index contributed by atoms with van der Waals surface area (Å²) in [4.78, 5) is 0. The molecule has 0 radical (unpaired) electrons. The van der Waals surface area contributed by atoms with Crippen molar-refractivity contribution < 1.29 is 4.74 Å². The van der Waals surface area contributed by atoms with Gasteiger partial charge in [0.1, 0.15) is 0 Å². The topological polar surface area (TPSA) is 9.23 Å². The average molecular weight is 114 g/mol. The summed E-state index contributed by atoms with van der Waals surface area (Å²) < 4.78 is 5.39. The van der Waals surface area contributed by atoms with Crippen LogP contribution in [-0.4, -0.2) is 12.7 Å². The van der Waals surface area contributed by atoms with Gasteiger partial charge in [-0.05, 0) is 25.7 Å². The molecular weight excluding hydrogens is 100 g/mol. The zero-order valence-electron chi connectivity index (χ0n) is 5.68. The van der Waals surface area contributed by atoms with Crippen LogP contribution in [0.3, 0.4) is 0 Å². The van der Waals surface area contributed by atoms with Crippen molar-refractivity contribution in [3.8, 4) is 0 Å². The van der Waals surface area contributed by atoms with E-state index in [0.717, 1.165) is 12.5 Å². The lowest BCUT2D eigenvalue weighted by molar-refractivity contribution is -0.00789. The Balaban J connectivity index is 2.28. The Labute approximate surface area is 51.0 Å². The van der Waals surface area contributed by atoms with Crippen molar-refractivity contribution in [2.45, 2.75) is 32.8 Å². The highest BCUT2D eigenvalue weighted by molar-refractivity contribution is 4.65. The van der Waals surface area contributed by atoms with E-state index in [1.807, 2.05) is 0 Å². The number of hydrogen-bond donors (Lipinski definition) is 0. The first-order valence-corrected chi connectivity index (χ1v) is 3.42. The summed E-state index contributed by atoms with van der Waals surface area (Å²) >= 11 is 0. The summed E-state index contributed by atoms with van der Waals surface area (Å²) in [6.07, 6.45) is 3.11. The molecule has 48 valence electrons. The molecule has 1 heteroatoms. The molecule has 2 atom stereocenters. The smallest absolute Gasteiger partial charge is 0.0572 e. The maximum atomic E-state index is 5.39. The molecule has 0 saturated carbocycles. The van der Waals surface area contributed by atoms with Crippen LogP contribution in [-0.2, 0) is 4.74 Å². The largest absolute Gasteiger partial charge is 0.378 e. The SMILES string of the molecule is C[C@H]1CCCO[C@@H]1C. The number of hydrogen-bond acceptors (Lipinski definition) is 1. The van der Waals surface area contributed by atoms with Crippen LogP contribution in [0.25, 0.3) is 0 Å². The van der Waals surface area contributed by atoms with Gasteiger partial charge < -0.3 is 4.74 Å². The lowest BCUT2D eigenvalue weighted by Crippen LogP contribution is -2.23. The van der Waals surface area contributed by atoms with Crippen molar-refractivity contribution in [2.24, 2.45) is 5.92 Å². The van der Waals surface area contributed by atoms with E-state index in [2.05, 4.69) is 13.8 Å². The van der Waals surface area contributed by atoms with E-state index in [1.54, 1.807) is 0 Å². The van der Waals surface area contributed by atoms with Crippen LogP contribution in [0, 0.1) is 5.92 Å². The van der Waals surface area contributed by atoms with Crippen LogP contribution < -0.4 is 0 Å². The third-order valence-corrected chi connectivity index (χ3v) is 1.99. The van der Waals surface area contributed by atoms with Crippen molar-refractivity contribution in [2.75, 3.05) is 6.61 Å². The van der Waals surface area contributed by atoms with E-state index in [-0.39, 0.29) is 0 Å². The first-order valence-electron chi connectivity index (χ1n) is 3.42. The lowest BCUT2D eigenvalue weighted by Gasteiger charge is -2.25. The molecule has 0 bridgehead atoms. The molecule has 1 heterocycles. The Morgan fingerprint density at radius 1 is 1.38 bits per heavy atom. The predicted octanol–water partition coefficient (Wildman–Crippen LogP) is 1.82. The molecule has 8 heavy (non-hydrogen) atoms. The van der Waals surface area contributed by atoms with Gasteiger partial charge in [0.15, 0.2) is 0 Å². The summed E-state index contributed by atoms with van der Waals surface area (Å²) in [5, 5.41) is 0. The van der Waals surface area contributed by atoms with Crippen molar-refractivity contribution >= 4 is 0 Å². The molecule has 0 aromatic heterocycles. The molecule has 1 aliphatic rings. The molecule has 1 nitrogen and oxygen atoms in total.